The number of halogens is 8. The van der Waals surface area contributed by atoms with E-state index in [1.54, 1.807) is 17.9 Å². The van der Waals surface area contributed by atoms with Crippen molar-refractivity contribution in [2.75, 3.05) is 43.9 Å². The van der Waals surface area contributed by atoms with Crippen molar-refractivity contribution < 1.29 is 44.7 Å². The van der Waals surface area contributed by atoms with Crippen LogP contribution < -0.4 is 15.4 Å². The van der Waals surface area contributed by atoms with E-state index >= 15 is 30.7 Å². The summed E-state index contributed by atoms with van der Waals surface area (Å²) in [6.45, 7) is 3.82. The summed E-state index contributed by atoms with van der Waals surface area (Å²) in [5.74, 6) is -1.56. The third-order valence-corrected chi connectivity index (χ3v) is 11.8. The molecule has 1 amide bonds. The SMILES string of the molecule is CC(=O)N1CC(N(C)c2nc(OCC34CCCN3CC(F)C4)nc3c(C(F)(F)F)c(-c4ccc(F)c5sc(N)c(C#N)c45)c(C(F)(F)F)cc23)CC1C. The molecule has 4 aromatic rings. The molecule has 9 nitrogen and oxygen atoms in total. The minimum absolute atomic E-state index is 0.116. The van der Waals surface area contributed by atoms with Crippen LogP contribution in [-0.2, 0) is 17.1 Å². The normalized spacial score (nSPS) is 23.6. The summed E-state index contributed by atoms with van der Waals surface area (Å²) in [4.78, 5) is 25.7. The Bertz CT molecular complexity index is 2180. The third kappa shape index (κ3) is 6.15. The van der Waals surface area contributed by atoms with E-state index in [9.17, 15) is 14.4 Å². The number of aromatic nitrogens is 2. The van der Waals surface area contributed by atoms with E-state index < -0.39 is 90.7 Å². The zero-order chi connectivity index (χ0) is 38.4. The lowest BCUT2D eigenvalue weighted by Crippen LogP contribution is -2.43. The number of likely N-dealkylation sites (tertiary alicyclic amines) is 1. The molecule has 2 aromatic heterocycles. The number of anilines is 2. The second kappa shape index (κ2) is 12.8. The van der Waals surface area contributed by atoms with Gasteiger partial charge >= 0.3 is 18.4 Å². The molecule has 18 heteroatoms. The molecule has 7 rings (SSSR count). The molecule has 3 aliphatic heterocycles. The lowest BCUT2D eigenvalue weighted by Gasteiger charge is -2.31. The smallest absolute Gasteiger partial charge is 0.419 e. The number of hydrogen-bond acceptors (Lipinski definition) is 9. The molecule has 3 aliphatic rings. The van der Waals surface area contributed by atoms with Crippen LogP contribution in [0.15, 0.2) is 18.2 Å². The molecule has 2 N–H and O–H groups in total. The molecule has 0 radical (unpaired) electrons. The van der Waals surface area contributed by atoms with Crippen molar-refractivity contribution >= 4 is 49.1 Å². The van der Waals surface area contributed by atoms with Crippen LogP contribution in [0.5, 0.6) is 6.01 Å². The summed E-state index contributed by atoms with van der Waals surface area (Å²) < 4.78 is 127. The molecule has 4 atom stereocenters. The molecule has 0 bridgehead atoms. The average molecular weight is 768 g/mol. The predicted molar refractivity (Wildman–Crippen MR) is 182 cm³/mol. The Labute approximate surface area is 301 Å². The molecule has 0 aliphatic carbocycles. The van der Waals surface area contributed by atoms with Gasteiger partial charge in [-0.15, -0.1) is 11.3 Å². The Kier molecular flexibility index (Phi) is 8.91. The van der Waals surface area contributed by atoms with E-state index in [1.807, 2.05) is 4.90 Å². The first-order valence-electron chi connectivity index (χ1n) is 16.8. The van der Waals surface area contributed by atoms with Crippen molar-refractivity contribution in [3.05, 3.63) is 40.7 Å². The first kappa shape index (κ1) is 36.8. The fraction of sp³-hybridized carbons (Fsp3) is 0.486. The summed E-state index contributed by atoms with van der Waals surface area (Å²) in [6.07, 6.45) is -10.3. The standard InChI is InChI=1S/C35H33F8N7O2S/c1-16-9-19(14-50(16)17(2)51)48(3)31-21-10-23(34(38,39)40)26(20-5-6-24(37)29-25(20)22(12-44)30(45)53-29)27(35(41,42)43)28(21)46-32(47-31)52-15-33-7-4-8-49(33)13-18(36)11-33/h5-6,10,16,18-19H,4,7-9,11,13-15,45H2,1-3H3. The van der Waals surface area contributed by atoms with Gasteiger partial charge in [0.25, 0.3) is 0 Å². The van der Waals surface area contributed by atoms with E-state index in [0.717, 1.165) is 18.6 Å². The summed E-state index contributed by atoms with van der Waals surface area (Å²) in [5, 5.41) is 8.46. The van der Waals surface area contributed by atoms with Crippen LogP contribution in [0.1, 0.15) is 56.2 Å². The summed E-state index contributed by atoms with van der Waals surface area (Å²) >= 11 is 0.527. The van der Waals surface area contributed by atoms with Crippen LogP contribution in [0.4, 0.5) is 45.9 Å². The van der Waals surface area contributed by atoms with Gasteiger partial charge in [0.05, 0.1) is 32.4 Å². The van der Waals surface area contributed by atoms with E-state index in [4.69, 9.17) is 10.5 Å². The number of nitrogen functional groups attached to an aromatic ring is 1. The molecule has 53 heavy (non-hydrogen) atoms. The van der Waals surface area contributed by atoms with Crippen molar-refractivity contribution in [2.45, 2.75) is 75.7 Å². The van der Waals surface area contributed by atoms with E-state index in [0.29, 0.717) is 36.8 Å². The number of nitrogens with two attached hydrogens (primary N) is 1. The molecular formula is C35H33F8N7O2S. The number of fused-ring (bicyclic) bond motifs is 3. The van der Waals surface area contributed by atoms with Crippen LogP contribution in [0, 0.1) is 17.1 Å². The highest BCUT2D eigenvalue weighted by Crippen LogP contribution is 2.52. The third-order valence-electron chi connectivity index (χ3n) is 10.8. The zero-order valence-corrected chi connectivity index (χ0v) is 29.4. The number of ether oxygens (including phenoxy) is 1. The largest absolute Gasteiger partial charge is 0.461 e. The van der Waals surface area contributed by atoms with Crippen molar-refractivity contribution in [3.8, 4) is 23.2 Å². The second-order valence-corrected chi connectivity index (χ2v) is 15.1. The van der Waals surface area contributed by atoms with Crippen LogP contribution in [-0.4, -0.2) is 82.8 Å². The Morgan fingerprint density at radius 3 is 2.57 bits per heavy atom. The maximum absolute atomic E-state index is 15.6. The number of rotatable bonds is 6. The molecule has 2 aromatic carbocycles. The molecule has 3 fully saturated rings. The molecular weight excluding hydrogens is 734 g/mol. The van der Waals surface area contributed by atoms with Crippen LogP contribution >= 0.6 is 11.3 Å². The number of hydrogen-bond donors (Lipinski definition) is 1. The maximum Gasteiger partial charge on any atom is 0.419 e. The summed E-state index contributed by atoms with van der Waals surface area (Å²) in [7, 11) is 1.46. The Morgan fingerprint density at radius 1 is 1.19 bits per heavy atom. The Morgan fingerprint density at radius 2 is 1.92 bits per heavy atom. The van der Waals surface area contributed by atoms with Crippen molar-refractivity contribution in [2.24, 2.45) is 0 Å². The van der Waals surface area contributed by atoms with Crippen molar-refractivity contribution in [1.29, 1.82) is 5.26 Å². The van der Waals surface area contributed by atoms with Gasteiger partial charge < -0.3 is 20.3 Å². The minimum atomic E-state index is -5.51. The number of carbonyl (C=O) groups is 1. The van der Waals surface area contributed by atoms with Gasteiger partial charge in [-0.1, -0.05) is 6.07 Å². The minimum Gasteiger partial charge on any atom is -0.461 e. The molecule has 0 saturated carbocycles. The van der Waals surface area contributed by atoms with Gasteiger partial charge in [0.1, 0.15) is 35.5 Å². The monoisotopic (exact) mass is 767 g/mol. The number of carbonyl (C=O) groups excluding carboxylic acids is 1. The summed E-state index contributed by atoms with van der Waals surface area (Å²) in [6, 6.07) is 2.28. The first-order chi connectivity index (χ1) is 24.8. The van der Waals surface area contributed by atoms with Crippen LogP contribution in [0.2, 0.25) is 0 Å². The second-order valence-electron chi connectivity index (χ2n) is 14.0. The molecule has 4 unspecified atom stereocenters. The molecule has 5 heterocycles. The van der Waals surface area contributed by atoms with Crippen molar-refractivity contribution in [3.63, 3.8) is 0 Å². The maximum atomic E-state index is 15.6. The van der Waals surface area contributed by atoms with Gasteiger partial charge in [0.15, 0.2) is 0 Å². The summed E-state index contributed by atoms with van der Waals surface area (Å²) in [5.41, 5.74) is -1.88. The number of benzene rings is 2. The highest BCUT2D eigenvalue weighted by molar-refractivity contribution is 7.23. The number of thiophene rings is 1. The number of likely N-dealkylation sites (N-methyl/N-ethyl adjacent to an activating group) is 1. The highest BCUT2D eigenvalue weighted by Gasteiger charge is 2.50. The fourth-order valence-electron chi connectivity index (χ4n) is 8.39. The van der Waals surface area contributed by atoms with Gasteiger partial charge in [0, 0.05) is 61.9 Å². The van der Waals surface area contributed by atoms with Gasteiger partial charge in [-0.3, -0.25) is 9.69 Å². The Balaban J connectivity index is 1.52. The van der Waals surface area contributed by atoms with Gasteiger partial charge in [0.2, 0.25) is 5.91 Å². The van der Waals surface area contributed by atoms with E-state index in [1.165, 1.54) is 18.9 Å². The van der Waals surface area contributed by atoms with Crippen molar-refractivity contribution in [1.82, 2.24) is 19.8 Å². The number of alkyl halides is 7. The van der Waals surface area contributed by atoms with Crippen LogP contribution in [0.25, 0.3) is 32.1 Å². The fourth-order valence-corrected chi connectivity index (χ4v) is 9.34. The van der Waals surface area contributed by atoms with Gasteiger partial charge in [-0.05, 0) is 50.4 Å². The van der Waals surface area contributed by atoms with E-state index in [2.05, 4.69) is 9.97 Å². The lowest BCUT2D eigenvalue weighted by molar-refractivity contribution is -0.141. The Hall–Kier alpha value is -4.50. The topological polar surface area (TPSA) is 112 Å². The lowest BCUT2D eigenvalue weighted by atomic mass is 9.88. The average Bonchev–Trinajstić information content (AvgIpc) is 3.82. The van der Waals surface area contributed by atoms with E-state index in [-0.39, 0.29) is 48.9 Å². The molecule has 282 valence electrons. The van der Waals surface area contributed by atoms with Gasteiger partial charge in [-0.2, -0.15) is 41.6 Å². The number of nitrogens with zero attached hydrogens (tertiary/aromatic N) is 6. The molecule has 0 spiro atoms. The van der Waals surface area contributed by atoms with Crippen LogP contribution in [0.3, 0.4) is 0 Å². The predicted octanol–water partition coefficient (Wildman–Crippen LogP) is 7.54. The zero-order valence-electron chi connectivity index (χ0n) is 28.6. The highest BCUT2D eigenvalue weighted by atomic mass is 32.1. The first-order valence-corrected chi connectivity index (χ1v) is 17.6. The quantitative estimate of drug-likeness (QED) is 0.201. The number of amides is 1. The molecule has 3 saturated heterocycles. The van der Waals surface area contributed by atoms with Gasteiger partial charge in [-0.25, -0.2) is 8.78 Å². The number of nitriles is 1.